The molecule has 1 saturated heterocycles. The van der Waals surface area contributed by atoms with Gasteiger partial charge in [0.2, 0.25) is 11.8 Å². The van der Waals surface area contributed by atoms with Gasteiger partial charge in [-0.1, -0.05) is 24.3 Å². The molecule has 0 atom stereocenters. The highest BCUT2D eigenvalue weighted by Crippen LogP contribution is 2.31. The maximum absolute atomic E-state index is 12.5. The number of carbonyl (C=O) groups excluding carboxylic acids is 2. The fourth-order valence-electron chi connectivity index (χ4n) is 3.06. The van der Waals surface area contributed by atoms with E-state index in [4.69, 9.17) is 0 Å². The van der Waals surface area contributed by atoms with E-state index in [1.165, 1.54) is 0 Å². The van der Waals surface area contributed by atoms with Crippen LogP contribution in [0.4, 0.5) is 0 Å². The lowest BCUT2D eigenvalue weighted by Crippen LogP contribution is -2.38. The zero-order chi connectivity index (χ0) is 15.5. The van der Waals surface area contributed by atoms with Gasteiger partial charge in [0.05, 0.1) is 6.42 Å². The van der Waals surface area contributed by atoms with Crippen LogP contribution < -0.4 is 0 Å². The first kappa shape index (κ1) is 15.1. The van der Waals surface area contributed by atoms with E-state index in [-0.39, 0.29) is 11.8 Å². The molecular formula is C18H24N2O2. The summed E-state index contributed by atoms with van der Waals surface area (Å²) in [7, 11) is 0. The first-order valence-corrected chi connectivity index (χ1v) is 8.26. The Morgan fingerprint density at radius 3 is 2.45 bits per heavy atom. The molecule has 1 heterocycles. The van der Waals surface area contributed by atoms with E-state index < -0.39 is 0 Å². The molecule has 0 unspecified atom stereocenters. The lowest BCUT2D eigenvalue weighted by Gasteiger charge is -2.22. The summed E-state index contributed by atoms with van der Waals surface area (Å²) in [5.41, 5.74) is 2.26. The van der Waals surface area contributed by atoms with Crippen LogP contribution in [0.5, 0.6) is 0 Å². The van der Waals surface area contributed by atoms with Crippen molar-refractivity contribution in [2.45, 2.75) is 32.6 Å². The standard InChI is InChI=1S/C18H24N2O2/c1-14-5-2-3-6-16(14)13-17(21)19-9-4-10-20(12-11-19)18(22)15-7-8-15/h2-3,5-6,15H,4,7-13H2,1H3. The van der Waals surface area contributed by atoms with Gasteiger partial charge in [-0.15, -0.1) is 0 Å². The SMILES string of the molecule is Cc1ccccc1CC(=O)N1CCCN(C(=O)C2CC2)CC1. The van der Waals surface area contributed by atoms with Crippen molar-refractivity contribution in [3.05, 3.63) is 35.4 Å². The predicted octanol–water partition coefficient (Wildman–Crippen LogP) is 2.01. The summed E-state index contributed by atoms with van der Waals surface area (Å²) in [5, 5.41) is 0. The van der Waals surface area contributed by atoms with E-state index in [0.29, 0.717) is 25.4 Å². The molecule has 118 valence electrons. The Hall–Kier alpha value is -1.84. The number of aryl methyl sites for hydroxylation is 1. The molecule has 2 fully saturated rings. The Kier molecular flexibility index (Phi) is 4.46. The summed E-state index contributed by atoms with van der Waals surface area (Å²) < 4.78 is 0. The number of hydrogen-bond donors (Lipinski definition) is 0. The average Bonchev–Trinajstić information content (AvgIpc) is 3.35. The molecule has 0 spiro atoms. The van der Waals surface area contributed by atoms with Crippen molar-refractivity contribution >= 4 is 11.8 Å². The lowest BCUT2D eigenvalue weighted by atomic mass is 10.1. The van der Waals surface area contributed by atoms with Gasteiger partial charge in [-0.2, -0.15) is 0 Å². The molecule has 22 heavy (non-hydrogen) atoms. The minimum atomic E-state index is 0.176. The minimum absolute atomic E-state index is 0.176. The van der Waals surface area contributed by atoms with Gasteiger partial charge in [0.15, 0.2) is 0 Å². The van der Waals surface area contributed by atoms with Crippen LogP contribution in [0.25, 0.3) is 0 Å². The molecule has 4 nitrogen and oxygen atoms in total. The summed E-state index contributed by atoms with van der Waals surface area (Å²) in [4.78, 5) is 28.5. The van der Waals surface area contributed by atoms with Crippen LogP contribution in [0.2, 0.25) is 0 Å². The van der Waals surface area contributed by atoms with Crippen molar-refractivity contribution in [3.8, 4) is 0 Å². The summed E-state index contributed by atoms with van der Waals surface area (Å²) in [6.07, 6.45) is 3.44. The fourth-order valence-corrected chi connectivity index (χ4v) is 3.06. The van der Waals surface area contributed by atoms with E-state index in [1.54, 1.807) is 0 Å². The topological polar surface area (TPSA) is 40.6 Å². The minimum Gasteiger partial charge on any atom is -0.341 e. The van der Waals surface area contributed by atoms with Crippen molar-refractivity contribution in [1.29, 1.82) is 0 Å². The predicted molar refractivity (Wildman–Crippen MR) is 85.4 cm³/mol. The van der Waals surface area contributed by atoms with E-state index in [1.807, 2.05) is 41.0 Å². The molecule has 1 aliphatic heterocycles. The number of benzene rings is 1. The smallest absolute Gasteiger partial charge is 0.227 e. The van der Waals surface area contributed by atoms with Crippen LogP contribution in [0.15, 0.2) is 24.3 Å². The first-order valence-electron chi connectivity index (χ1n) is 8.26. The van der Waals surface area contributed by atoms with E-state index in [0.717, 1.165) is 43.5 Å². The van der Waals surface area contributed by atoms with Crippen molar-refractivity contribution in [2.75, 3.05) is 26.2 Å². The fraction of sp³-hybridized carbons (Fsp3) is 0.556. The molecule has 0 N–H and O–H groups in total. The van der Waals surface area contributed by atoms with Crippen molar-refractivity contribution in [3.63, 3.8) is 0 Å². The van der Waals surface area contributed by atoms with Crippen molar-refractivity contribution in [1.82, 2.24) is 9.80 Å². The van der Waals surface area contributed by atoms with Gasteiger partial charge in [0.25, 0.3) is 0 Å². The number of rotatable bonds is 3. The first-order chi connectivity index (χ1) is 10.6. The molecule has 2 aliphatic rings. The molecule has 1 aromatic carbocycles. The zero-order valence-corrected chi connectivity index (χ0v) is 13.3. The highest BCUT2D eigenvalue weighted by atomic mass is 16.2. The Morgan fingerprint density at radius 1 is 1.05 bits per heavy atom. The third-order valence-electron chi connectivity index (χ3n) is 4.69. The van der Waals surface area contributed by atoms with Crippen LogP contribution >= 0.6 is 0 Å². The lowest BCUT2D eigenvalue weighted by molar-refractivity contribution is -0.134. The van der Waals surface area contributed by atoms with Crippen molar-refractivity contribution < 1.29 is 9.59 Å². The van der Waals surface area contributed by atoms with E-state index >= 15 is 0 Å². The highest BCUT2D eigenvalue weighted by molar-refractivity contribution is 5.81. The number of carbonyl (C=O) groups is 2. The van der Waals surface area contributed by atoms with Crippen LogP contribution in [-0.2, 0) is 16.0 Å². The zero-order valence-electron chi connectivity index (χ0n) is 13.3. The van der Waals surface area contributed by atoms with Crippen LogP contribution in [-0.4, -0.2) is 47.8 Å². The Bertz CT molecular complexity index is 566. The summed E-state index contributed by atoms with van der Waals surface area (Å²) in [6, 6.07) is 8.04. The third kappa shape index (κ3) is 3.49. The third-order valence-corrected chi connectivity index (χ3v) is 4.69. The molecular weight excluding hydrogens is 276 g/mol. The Labute approximate surface area is 132 Å². The largest absolute Gasteiger partial charge is 0.341 e. The monoisotopic (exact) mass is 300 g/mol. The highest BCUT2D eigenvalue weighted by Gasteiger charge is 2.34. The quantitative estimate of drug-likeness (QED) is 0.857. The molecule has 1 aromatic rings. The molecule has 0 aromatic heterocycles. The van der Waals surface area contributed by atoms with Gasteiger partial charge < -0.3 is 9.80 Å². The number of hydrogen-bond acceptors (Lipinski definition) is 2. The molecule has 0 bridgehead atoms. The molecule has 0 radical (unpaired) electrons. The van der Waals surface area contributed by atoms with Gasteiger partial charge in [0, 0.05) is 32.1 Å². The summed E-state index contributed by atoms with van der Waals surface area (Å²) in [5.74, 6) is 0.748. The van der Waals surface area contributed by atoms with Crippen LogP contribution in [0.3, 0.4) is 0 Å². The van der Waals surface area contributed by atoms with Crippen molar-refractivity contribution in [2.24, 2.45) is 5.92 Å². The normalized spacial score (nSPS) is 19.0. The Balaban J connectivity index is 1.57. The molecule has 4 heteroatoms. The second-order valence-electron chi connectivity index (χ2n) is 6.44. The maximum atomic E-state index is 12.5. The molecule has 1 saturated carbocycles. The maximum Gasteiger partial charge on any atom is 0.227 e. The van der Waals surface area contributed by atoms with Crippen LogP contribution in [0, 0.1) is 12.8 Å². The molecule has 1 aliphatic carbocycles. The molecule has 2 amide bonds. The van der Waals surface area contributed by atoms with Gasteiger partial charge in [-0.25, -0.2) is 0 Å². The summed E-state index contributed by atoms with van der Waals surface area (Å²) in [6.45, 7) is 4.96. The molecule has 3 rings (SSSR count). The average molecular weight is 300 g/mol. The van der Waals surface area contributed by atoms with E-state index in [2.05, 4.69) is 0 Å². The number of amides is 2. The number of nitrogens with zero attached hydrogens (tertiary/aromatic N) is 2. The van der Waals surface area contributed by atoms with Gasteiger partial charge in [-0.05, 0) is 37.3 Å². The van der Waals surface area contributed by atoms with Gasteiger partial charge in [-0.3, -0.25) is 9.59 Å². The van der Waals surface area contributed by atoms with Crippen LogP contribution in [0.1, 0.15) is 30.4 Å². The second kappa shape index (κ2) is 6.51. The van der Waals surface area contributed by atoms with Gasteiger partial charge in [0.1, 0.15) is 0 Å². The van der Waals surface area contributed by atoms with E-state index in [9.17, 15) is 9.59 Å². The summed E-state index contributed by atoms with van der Waals surface area (Å²) >= 11 is 0. The Morgan fingerprint density at radius 2 is 1.73 bits per heavy atom. The van der Waals surface area contributed by atoms with Gasteiger partial charge >= 0.3 is 0 Å². The second-order valence-corrected chi connectivity index (χ2v) is 6.44.